The van der Waals surface area contributed by atoms with E-state index in [-0.39, 0.29) is 16.7 Å². The first-order valence-electron chi connectivity index (χ1n) is 7.18. The lowest BCUT2D eigenvalue weighted by molar-refractivity contribution is 0.0954. The van der Waals surface area contributed by atoms with Crippen molar-refractivity contribution < 1.29 is 19.4 Å². The number of hydrazone groups is 1. The second-order valence-electron chi connectivity index (χ2n) is 4.71. The van der Waals surface area contributed by atoms with Crippen molar-refractivity contribution in [3.63, 3.8) is 0 Å². The lowest BCUT2D eigenvalue weighted by atomic mass is 10.2. The van der Waals surface area contributed by atoms with E-state index in [1.807, 2.05) is 6.92 Å². The summed E-state index contributed by atoms with van der Waals surface area (Å²) < 4.78 is 10.6. The zero-order chi connectivity index (χ0) is 17.5. The first-order chi connectivity index (χ1) is 11.5. The number of phenols is 1. The molecule has 0 radical (unpaired) electrons. The average molecular weight is 349 g/mol. The molecule has 2 rings (SSSR count). The van der Waals surface area contributed by atoms with Gasteiger partial charge in [0, 0.05) is 5.56 Å². The van der Waals surface area contributed by atoms with Crippen LogP contribution in [0.3, 0.4) is 0 Å². The van der Waals surface area contributed by atoms with Gasteiger partial charge in [0.2, 0.25) is 0 Å². The van der Waals surface area contributed by atoms with Crippen LogP contribution in [0, 0.1) is 0 Å². The van der Waals surface area contributed by atoms with Gasteiger partial charge in [-0.2, -0.15) is 5.10 Å². The summed E-state index contributed by atoms with van der Waals surface area (Å²) in [6.07, 6.45) is 1.43. The van der Waals surface area contributed by atoms with Gasteiger partial charge in [0.15, 0.2) is 11.5 Å². The van der Waals surface area contributed by atoms with Gasteiger partial charge >= 0.3 is 0 Å². The van der Waals surface area contributed by atoms with E-state index in [9.17, 15) is 9.90 Å². The number of hydrogen-bond acceptors (Lipinski definition) is 5. The summed E-state index contributed by atoms with van der Waals surface area (Å²) in [6.45, 7) is 2.31. The maximum Gasteiger partial charge on any atom is 0.271 e. The van der Waals surface area contributed by atoms with Gasteiger partial charge in [0.1, 0.15) is 5.75 Å². The summed E-state index contributed by atoms with van der Waals surface area (Å²) in [5, 5.41) is 13.4. The molecule has 0 aliphatic rings. The van der Waals surface area contributed by atoms with E-state index in [0.29, 0.717) is 29.2 Å². The highest BCUT2D eigenvalue weighted by Gasteiger charge is 2.10. The van der Waals surface area contributed by atoms with Crippen LogP contribution in [0.2, 0.25) is 5.02 Å². The molecule has 0 aliphatic heterocycles. The lowest BCUT2D eigenvalue weighted by Gasteiger charge is -2.10. The normalized spacial score (nSPS) is 10.6. The Balaban J connectivity index is 2.07. The molecule has 0 saturated carbocycles. The third-order valence-electron chi connectivity index (χ3n) is 3.08. The van der Waals surface area contributed by atoms with Crippen LogP contribution in [-0.4, -0.2) is 30.9 Å². The Morgan fingerprint density at radius 3 is 2.75 bits per heavy atom. The molecule has 126 valence electrons. The number of nitrogens with one attached hydrogen (secondary N) is 1. The maximum absolute atomic E-state index is 12.1. The zero-order valence-corrected chi connectivity index (χ0v) is 14.0. The second-order valence-corrected chi connectivity index (χ2v) is 5.12. The first-order valence-corrected chi connectivity index (χ1v) is 7.55. The predicted octanol–water partition coefficient (Wildman–Crippen LogP) is 3.22. The molecular weight excluding hydrogens is 332 g/mol. The fourth-order valence-electron chi connectivity index (χ4n) is 1.92. The van der Waals surface area contributed by atoms with Crippen molar-refractivity contribution in [2.24, 2.45) is 5.10 Å². The van der Waals surface area contributed by atoms with Crippen molar-refractivity contribution >= 4 is 23.7 Å². The average Bonchev–Trinajstić information content (AvgIpc) is 2.58. The van der Waals surface area contributed by atoms with Crippen molar-refractivity contribution in [3.8, 4) is 17.2 Å². The van der Waals surface area contributed by atoms with Crippen LogP contribution >= 0.6 is 11.6 Å². The van der Waals surface area contributed by atoms with Crippen molar-refractivity contribution in [2.75, 3.05) is 13.7 Å². The largest absolute Gasteiger partial charge is 0.506 e. The summed E-state index contributed by atoms with van der Waals surface area (Å²) in [6, 6.07) is 9.46. The van der Waals surface area contributed by atoms with Crippen LogP contribution in [0.25, 0.3) is 0 Å². The molecule has 2 aromatic carbocycles. The number of hydrogen-bond donors (Lipinski definition) is 2. The molecule has 0 atom stereocenters. The Morgan fingerprint density at radius 2 is 2.08 bits per heavy atom. The third kappa shape index (κ3) is 4.39. The first kappa shape index (κ1) is 17.6. The van der Waals surface area contributed by atoms with Crippen LogP contribution in [0.1, 0.15) is 22.8 Å². The molecule has 6 nitrogen and oxygen atoms in total. The van der Waals surface area contributed by atoms with Crippen LogP contribution < -0.4 is 14.9 Å². The van der Waals surface area contributed by atoms with Gasteiger partial charge in [0.25, 0.3) is 5.91 Å². The molecule has 7 heteroatoms. The van der Waals surface area contributed by atoms with E-state index in [0.717, 1.165) is 0 Å². The third-order valence-corrected chi connectivity index (χ3v) is 3.38. The number of amides is 1. The van der Waals surface area contributed by atoms with Gasteiger partial charge in [-0.25, -0.2) is 5.43 Å². The fourth-order valence-corrected chi connectivity index (χ4v) is 2.11. The Bertz CT molecular complexity index is 762. The number of ether oxygens (including phenoxy) is 2. The molecule has 0 heterocycles. The minimum Gasteiger partial charge on any atom is -0.506 e. The summed E-state index contributed by atoms with van der Waals surface area (Å²) in [5.74, 6) is 0.636. The number of methoxy groups -OCH3 is 1. The van der Waals surface area contributed by atoms with E-state index in [2.05, 4.69) is 10.5 Å². The van der Waals surface area contributed by atoms with Crippen LogP contribution in [0.15, 0.2) is 41.5 Å². The summed E-state index contributed by atoms with van der Waals surface area (Å²) >= 11 is 5.80. The molecule has 2 N–H and O–H groups in total. The molecule has 24 heavy (non-hydrogen) atoms. The molecule has 0 fully saturated rings. The molecule has 0 aliphatic carbocycles. The molecule has 0 bridgehead atoms. The maximum atomic E-state index is 12.1. The van der Waals surface area contributed by atoms with Crippen molar-refractivity contribution in [1.29, 1.82) is 0 Å². The smallest absolute Gasteiger partial charge is 0.271 e. The molecular formula is C17H17ClN2O4. The Labute approximate surface area is 144 Å². The zero-order valence-electron chi connectivity index (χ0n) is 13.2. The number of carbonyl (C=O) groups excluding carboxylic acids is 1. The number of rotatable bonds is 6. The van der Waals surface area contributed by atoms with E-state index in [1.54, 1.807) is 24.3 Å². The number of benzene rings is 2. The highest BCUT2D eigenvalue weighted by atomic mass is 35.5. The van der Waals surface area contributed by atoms with Crippen molar-refractivity contribution in [1.82, 2.24) is 5.43 Å². The number of phenolic OH excluding ortho intramolecular Hbond substituents is 1. The standard InChI is InChI=1S/C17H17ClN2O4/c1-3-24-16-9-12(5-7-15(16)23-2)17(22)20-19-10-11-4-6-14(21)13(18)8-11/h4-10,21H,3H2,1-2H3,(H,20,22)/b19-10+. The molecule has 0 saturated heterocycles. The van der Waals surface area contributed by atoms with Gasteiger partial charge in [0.05, 0.1) is 25.0 Å². The SMILES string of the molecule is CCOc1cc(C(=O)N/N=C/c2ccc(O)c(Cl)c2)ccc1OC. The van der Waals surface area contributed by atoms with E-state index in [1.165, 1.54) is 25.5 Å². The highest BCUT2D eigenvalue weighted by molar-refractivity contribution is 6.32. The second kappa shape index (κ2) is 8.21. The fraction of sp³-hybridized carbons (Fsp3) is 0.176. The predicted molar refractivity (Wildman–Crippen MR) is 92.3 cm³/mol. The van der Waals surface area contributed by atoms with Gasteiger partial charge in [-0.3, -0.25) is 4.79 Å². The minimum absolute atomic E-state index is 0.0143. The topological polar surface area (TPSA) is 80.2 Å². The monoisotopic (exact) mass is 348 g/mol. The van der Waals surface area contributed by atoms with Gasteiger partial charge < -0.3 is 14.6 Å². The van der Waals surface area contributed by atoms with Crippen molar-refractivity contribution in [3.05, 3.63) is 52.5 Å². The van der Waals surface area contributed by atoms with E-state index in [4.69, 9.17) is 21.1 Å². The van der Waals surface area contributed by atoms with Crippen LogP contribution in [-0.2, 0) is 0 Å². The van der Waals surface area contributed by atoms with Gasteiger partial charge in [-0.05, 0) is 48.9 Å². The number of halogens is 1. The minimum atomic E-state index is -0.389. The molecule has 0 aromatic heterocycles. The molecule has 1 amide bonds. The van der Waals surface area contributed by atoms with Gasteiger partial charge in [-0.1, -0.05) is 11.6 Å². The van der Waals surface area contributed by atoms with Gasteiger partial charge in [-0.15, -0.1) is 0 Å². The number of nitrogens with zero attached hydrogens (tertiary/aromatic N) is 1. The van der Waals surface area contributed by atoms with E-state index < -0.39 is 0 Å². The Kier molecular flexibility index (Phi) is 6.03. The van der Waals surface area contributed by atoms with Crippen molar-refractivity contribution in [2.45, 2.75) is 6.92 Å². The van der Waals surface area contributed by atoms with E-state index >= 15 is 0 Å². The Hall–Kier alpha value is -2.73. The summed E-state index contributed by atoms with van der Waals surface area (Å²) in [7, 11) is 1.53. The number of aromatic hydroxyl groups is 1. The molecule has 0 unspecified atom stereocenters. The summed E-state index contributed by atoms with van der Waals surface area (Å²) in [4.78, 5) is 12.1. The Morgan fingerprint density at radius 1 is 1.29 bits per heavy atom. The molecule has 0 spiro atoms. The molecule has 2 aromatic rings. The number of carbonyl (C=O) groups is 1. The highest BCUT2D eigenvalue weighted by Crippen LogP contribution is 2.28. The quantitative estimate of drug-likeness (QED) is 0.620. The van der Waals surface area contributed by atoms with Crippen LogP contribution in [0.4, 0.5) is 0 Å². The van der Waals surface area contributed by atoms with Crippen LogP contribution in [0.5, 0.6) is 17.2 Å². The summed E-state index contributed by atoms with van der Waals surface area (Å²) in [5.41, 5.74) is 3.45. The lowest BCUT2D eigenvalue weighted by Crippen LogP contribution is -2.17.